The molecule has 1 aromatic rings. The molecule has 0 spiro atoms. The van der Waals surface area contributed by atoms with Crippen molar-refractivity contribution in [3.8, 4) is 0 Å². The second-order valence-corrected chi connectivity index (χ2v) is 6.09. The molecule has 2 saturated heterocycles. The molecular formula is C15H23N5O. The van der Waals surface area contributed by atoms with E-state index in [9.17, 15) is 0 Å². The highest BCUT2D eigenvalue weighted by Gasteiger charge is 2.31. The molecule has 0 aliphatic carbocycles. The molecule has 3 aliphatic heterocycles. The van der Waals surface area contributed by atoms with Gasteiger partial charge < -0.3 is 15.0 Å². The number of fused-ring (bicyclic) bond motifs is 1. The van der Waals surface area contributed by atoms with Crippen LogP contribution in [0.1, 0.15) is 17.7 Å². The second kappa shape index (κ2) is 5.87. The van der Waals surface area contributed by atoms with Crippen LogP contribution < -0.4 is 10.2 Å². The minimum atomic E-state index is 0.649. The average molecular weight is 289 g/mol. The van der Waals surface area contributed by atoms with Gasteiger partial charge in [0.25, 0.3) is 0 Å². The minimum Gasteiger partial charge on any atom is -0.379 e. The fourth-order valence-electron chi connectivity index (χ4n) is 3.70. The van der Waals surface area contributed by atoms with Crippen molar-refractivity contribution in [1.82, 2.24) is 20.2 Å². The summed E-state index contributed by atoms with van der Waals surface area (Å²) in [4.78, 5) is 14.1. The summed E-state index contributed by atoms with van der Waals surface area (Å²) in [6.45, 7) is 8.02. The van der Waals surface area contributed by atoms with E-state index in [-0.39, 0.29) is 0 Å². The molecule has 6 heteroatoms. The summed E-state index contributed by atoms with van der Waals surface area (Å²) < 4.78 is 5.46. The number of anilines is 1. The van der Waals surface area contributed by atoms with Crippen LogP contribution in [0.2, 0.25) is 0 Å². The van der Waals surface area contributed by atoms with E-state index in [0.29, 0.717) is 6.04 Å². The fourth-order valence-corrected chi connectivity index (χ4v) is 3.70. The van der Waals surface area contributed by atoms with Gasteiger partial charge in [0, 0.05) is 57.3 Å². The van der Waals surface area contributed by atoms with Crippen molar-refractivity contribution in [2.75, 3.05) is 50.8 Å². The van der Waals surface area contributed by atoms with Gasteiger partial charge >= 0.3 is 0 Å². The molecule has 1 N–H and O–H groups in total. The van der Waals surface area contributed by atoms with Crippen molar-refractivity contribution in [1.29, 1.82) is 0 Å². The Kier molecular flexibility index (Phi) is 3.75. The molecule has 2 fully saturated rings. The van der Waals surface area contributed by atoms with Gasteiger partial charge in [-0.1, -0.05) is 0 Å². The average Bonchev–Trinajstić information content (AvgIpc) is 3.05. The highest BCUT2D eigenvalue weighted by molar-refractivity contribution is 5.50. The molecule has 4 rings (SSSR count). The number of nitrogens with zero attached hydrogens (tertiary/aromatic N) is 4. The zero-order chi connectivity index (χ0) is 14.1. The van der Waals surface area contributed by atoms with Gasteiger partial charge in [0.05, 0.1) is 18.9 Å². The van der Waals surface area contributed by atoms with Gasteiger partial charge in [-0.2, -0.15) is 0 Å². The summed E-state index contributed by atoms with van der Waals surface area (Å²) in [6, 6.07) is 0.649. The van der Waals surface area contributed by atoms with Crippen LogP contribution in [0.15, 0.2) is 6.33 Å². The Hall–Kier alpha value is -1.24. The Morgan fingerprint density at radius 1 is 1.19 bits per heavy atom. The van der Waals surface area contributed by atoms with Gasteiger partial charge in [-0.25, -0.2) is 9.97 Å². The minimum absolute atomic E-state index is 0.649. The number of ether oxygens (including phenoxy) is 1. The Morgan fingerprint density at radius 2 is 2.10 bits per heavy atom. The van der Waals surface area contributed by atoms with Crippen LogP contribution in [-0.2, 0) is 17.7 Å². The fraction of sp³-hybridized carbons (Fsp3) is 0.733. The summed E-state index contributed by atoms with van der Waals surface area (Å²) in [6.07, 6.45) is 3.99. The topological polar surface area (TPSA) is 53.5 Å². The van der Waals surface area contributed by atoms with Crippen molar-refractivity contribution in [2.24, 2.45) is 0 Å². The van der Waals surface area contributed by atoms with Crippen molar-refractivity contribution in [2.45, 2.75) is 25.4 Å². The third-order valence-corrected chi connectivity index (χ3v) is 4.88. The molecule has 0 aromatic carbocycles. The molecule has 1 atom stereocenters. The van der Waals surface area contributed by atoms with Crippen LogP contribution in [-0.4, -0.2) is 66.8 Å². The van der Waals surface area contributed by atoms with E-state index in [2.05, 4.69) is 25.1 Å². The van der Waals surface area contributed by atoms with Crippen LogP contribution in [0, 0.1) is 0 Å². The smallest absolute Gasteiger partial charge is 0.136 e. The van der Waals surface area contributed by atoms with E-state index in [4.69, 9.17) is 4.74 Å². The van der Waals surface area contributed by atoms with E-state index in [1.54, 1.807) is 6.33 Å². The van der Waals surface area contributed by atoms with Gasteiger partial charge in [-0.05, 0) is 6.42 Å². The summed E-state index contributed by atoms with van der Waals surface area (Å²) in [5, 5.41) is 3.45. The molecule has 1 aromatic heterocycles. The van der Waals surface area contributed by atoms with Crippen LogP contribution >= 0.6 is 0 Å². The molecule has 0 radical (unpaired) electrons. The third-order valence-electron chi connectivity index (χ3n) is 4.88. The van der Waals surface area contributed by atoms with E-state index in [0.717, 1.165) is 64.7 Å². The summed E-state index contributed by atoms with van der Waals surface area (Å²) in [5.74, 6) is 1.16. The standard InChI is InChI=1S/C15H23N5O/c1-3-16-9-13-14(1)17-11-18-15(13)20-4-2-12(10-20)19-5-7-21-8-6-19/h11-12,16H,1-10H2. The molecule has 4 heterocycles. The number of hydrogen-bond donors (Lipinski definition) is 1. The first-order valence-electron chi connectivity index (χ1n) is 8.02. The molecule has 21 heavy (non-hydrogen) atoms. The Bertz CT molecular complexity index is 503. The zero-order valence-electron chi connectivity index (χ0n) is 12.4. The van der Waals surface area contributed by atoms with Crippen molar-refractivity contribution in [3.63, 3.8) is 0 Å². The summed E-state index contributed by atoms with van der Waals surface area (Å²) in [7, 11) is 0. The van der Waals surface area contributed by atoms with Gasteiger partial charge in [0.1, 0.15) is 12.1 Å². The van der Waals surface area contributed by atoms with Gasteiger partial charge in [0.15, 0.2) is 0 Å². The third kappa shape index (κ3) is 2.63. The Labute approximate surface area is 125 Å². The van der Waals surface area contributed by atoms with E-state index >= 15 is 0 Å². The van der Waals surface area contributed by atoms with Gasteiger partial charge in [0.2, 0.25) is 0 Å². The van der Waals surface area contributed by atoms with Crippen LogP contribution in [0.5, 0.6) is 0 Å². The largest absolute Gasteiger partial charge is 0.379 e. The highest BCUT2D eigenvalue weighted by Crippen LogP contribution is 2.27. The zero-order valence-corrected chi connectivity index (χ0v) is 12.4. The predicted octanol–water partition coefficient (Wildman–Crippen LogP) is 0.0332. The summed E-state index contributed by atoms with van der Waals surface area (Å²) in [5.41, 5.74) is 2.54. The molecule has 114 valence electrons. The monoisotopic (exact) mass is 289 g/mol. The molecule has 0 amide bonds. The quantitative estimate of drug-likeness (QED) is 0.829. The molecule has 0 saturated carbocycles. The maximum absolute atomic E-state index is 5.46. The van der Waals surface area contributed by atoms with E-state index in [1.165, 1.54) is 17.7 Å². The lowest BCUT2D eigenvalue weighted by Gasteiger charge is -2.32. The van der Waals surface area contributed by atoms with Gasteiger partial charge in [-0.15, -0.1) is 0 Å². The second-order valence-electron chi connectivity index (χ2n) is 6.09. The SMILES string of the molecule is c1nc2c(c(N3CCC(N4CCOCC4)C3)n1)CNCC2. The van der Waals surface area contributed by atoms with E-state index < -0.39 is 0 Å². The first-order chi connectivity index (χ1) is 10.4. The molecular weight excluding hydrogens is 266 g/mol. The number of nitrogens with one attached hydrogen (secondary N) is 1. The van der Waals surface area contributed by atoms with Crippen molar-refractivity contribution in [3.05, 3.63) is 17.6 Å². The van der Waals surface area contributed by atoms with Gasteiger partial charge in [-0.3, -0.25) is 4.90 Å². The lowest BCUT2D eigenvalue weighted by Crippen LogP contribution is -2.44. The molecule has 6 nitrogen and oxygen atoms in total. The molecule has 1 unspecified atom stereocenters. The lowest BCUT2D eigenvalue weighted by atomic mass is 10.1. The summed E-state index contributed by atoms with van der Waals surface area (Å²) >= 11 is 0. The number of hydrogen-bond acceptors (Lipinski definition) is 6. The molecule has 0 bridgehead atoms. The van der Waals surface area contributed by atoms with Crippen LogP contribution in [0.4, 0.5) is 5.82 Å². The Balaban J connectivity index is 1.50. The molecule has 3 aliphatic rings. The normalized spacial score (nSPS) is 26.9. The number of aromatic nitrogens is 2. The lowest BCUT2D eigenvalue weighted by molar-refractivity contribution is 0.0209. The van der Waals surface area contributed by atoms with Crippen molar-refractivity contribution < 1.29 is 4.74 Å². The van der Waals surface area contributed by atoms with Crippen LogP contribution in [0.25, 0.3) is 0 Å². The Morgan fingerprint density at radius 3 is 3.00 bits per heavy atom. The van der Waals surface area contributed by atoms with Crippen molar-refractivity contribution >= 4 is 5.82 Å². The number of morpholine rings is 1. The maximum Gasteiger partial charge on any atom is 0.136 e. The predicted molar refractivity (Wildman–Crippen MR) is 80.5 cm³/mol. The first-order valence-corrected chi connectivity index (χ1v) is 8.02. The number of rotatable bonds is 2. The highest BCUT2D eigenvalue weighted by atomic mass is 16.5. The first kappa shape index (κ1) is 13.4. The van der Waals surface area contributed by atoms with E-state index in [1.807, 2.05) is 0 Å². The van der Waals surface area contributed by atoms with Crippen LogP contribution in [0.3, 0.4) is 0 Å². The maximum atomic E-state index is 5.46.